The monoisotopic (exact) mass is 192 g/mol. The van der Waals surface area contributed by atoms with E-state index in [9.17, 15) is 0 Å². The summed E-state index contributed by atoms with van der Waals surface area (Å²) in [5.74, 6) is 0. The molecule has 3 heteroatoms. The largest absolute Gasteiger partial charge is 0.379 e. The van der Waals surface area contributed by atoms with Crippen molar-refractivity contribution in [3.8, 4) is 0 Å². The van der Waals surface area contributed by atoms with Crippen LogP contribution >= 0.6 is 11.8 Å². The van der Waals surface area contributed by atoms with Gasteiger partial charge >= 0.3 is 0 Å². The van der Waals surface area contributed by atoms with E-state index in [1.54, 1.807) is 11.8 Å². The molecule has 1 aromatic carbocycles. The molecule has 0 spiro atoms. The van der Waals surface area contributed by atoms with Crippen LogP contribution in [0.5, 0.6) is 0 Å². The molecule has 1 aromatic rings. The van der Waals surface area contributed by atoms with Gasteiger partial charge in [0.2, 0.25) is 0 Å². The summed E-state index contributed by atoms with van der Waals surface area (Å²) in [6, 6.07) is 10.7. The van der Waals surface area contributed by atoms with Crippen molar-refractivity contribution in [2.45, 2.75) is 18.2 Å². The van der Waals surface area contributed by atoms with E-state index in [-0.39, 0.29) is 0 Å². The third kappa shape index (κ3) is 1.70. The summed E-state index contributed by atoms with van der Waals surface area (Å²) in [5.41, 5.74) is 6.98. The normalized spacial score (nSPS) is 27.3. The van der Waals surface area contributed by atoms with E-state index < -0.39 is 0 Å². The lowest BCUT2D eigenvalue weighted by Crippen LogP contribution is -2.04. The summed E-state index contributed by atoms with van der Waals surface area (Å²) in [5, 5.41) is 1.11. The third-order valence-corrected chi connectivity index (χ3v) is 3.41. The Kier molecular flexibility index (Phi) is 2.27. The lowest BCUT2D eigenvalue weighted by Gasteiger charge is -2.12. The molecular weight excluding hydrogens is 180 g/mol. The summed E-state index contributed by atoms with van der Waals surface area (Å²) >= 11 is 1.65. The maximum atomic E-state index is 5.67. The molecule has 0 saturated heterocycles. The molecule has 0 radical (unpaired) electrons. The molecule has 0 unspecified atom stereocenters. The first-order chi connectivity index (χ1) is 6.27. The second-order valence-electron chi connectivity index (χ2n) is 3.16. The van der Waals surface area contributed by atoms with Gasteiger partial charge in [0.1, 0.15) is 0 Å². The lowest BCUT2D eigenvalue weighted by atomic mass is 10.1. The minimum Gasteiger partial charge on any atom is -0.379 e. The Labute approximate surface area is 82.2 Å². The highest BCUT2D eigenvalue weighted by molar-refractivity contribution is 8.14. The van der Waals surface area contributed by atoms with Crippen molar-refractivity contribution in [2.75, 3.05) is 0 Å². The van der Waals surface area contributed by atoms with Crippen LogP contribution in [0.2, 0.25) is 0 Å². The minimum absolute atomic E-state index is 0.299. The van der Waals surface area contributed by atoms with E-state index in [4.69, 9.17) is 5.73 Å². The molecule has 0 aromatic heterocycles. The first kappa shape index (κ1) is 8.63. The molecule has 68 valence electrons. The van der Waals surface area contributed by atoms with E-state index >= 15 is 0 Å². The maximum Gasteiger partial charge on any atom is 0.154 e. The van der Waals surface area contributed by atoms with Crippen molar-refractivity contribution in [3.63, 3.8) is 0 Å². The van der Waals surface area contributed by atoms with Crippen LogP contribution in [0.25, 0.3) is 0 Å². The topological polar surface area (TPSA) is 38.4 Å². The molecule has 2 rings (SSSR count). The van der Waals surface area contributed by atoms with Crippen molar-refractivity contribution in [1.82, 2.24) is 0 Å². The predicted molar refractivity (Wildman–Crippen MR) is 57.9 cm³/mol. The molecule has 0 fully saturated rings. The zero-order valence-corrected chi connectivity index (χ0v) is 8.29. The number of benzene rings is 1. The van der Waals surface area contributed by atoms with E-state index in [1.165, 1.54) is 5.56 Å². The second-order valence-corrected chi connectivity index (χ2v) is 4.32. The highest BCUT2D eigenvalue weighted by Gasteiger charge is 2.26. The van der Waals surface area contributed by atoms with Crippen LogP contribution in [-0.2, 0) is 0 Å². The van der Waals surface area contributed by atoms with E-state index in [0.717, 1.165) is 0 Å². The Morgan fingerprint density at radius 2 is 2.00 bits per heavy atom. The molecule has 0 aliphatic carbocycles. The van der Waals surface area contributed by atoms with Gasteiger partial charge in [0, 0.05) is 0 Å². The van der Waals surface area contributed by atoms with Crippen molar-refractivity contribution in [2.24, 2.45) is 10.7 Å². The van der Waals surface area contributed by atoms with E-state index in [2.05, 4.69) is 36.2 Å². The number of nitrogens with zero attached hydrogens (tertiary/aromatic N) is 1. The molecule has 2 atom stereocenters. The number of amidine groups is 1. The van der Waals surface area contributed by atoms with Crippen molar-refractivity contribution in [1.29, 1.82) is 0 Å². The van der Waals surface area contributed by atoms with Gasteiger partial charge in [-0.3, -0.25) is 4.99 Å². The van der Waals surface area contributed by atoms with Gasteiger partial charge in [-0.1, -0.05) is 42.1 Å². The SMILES string of the molecule is C[C@@H]1N=C(N)S[C@@H]1c1ccccc1. The van der Waals surface area contributed by atoms with Gasteiger partial charge in [-0.2, -0.15) is 0 Å². The molecule has 0 bridgehead atoms. The molecule has 13 heavy (non-hydrogen) atoms. The summed E-state index contributed by atoms with van der Waals surface area (Å²) in [4.78, 5) is 4.30. The van der Waals surface area contributed by atoms with Crippen LogP contribution in [0.4, 0.5) is 0 Å². The first-order valence-electron chi connectivity index (χ1n) is 4.32. The molecule has 2 N–H and O–H groups in total. The number of nitrogens with two attached hydrogens (primary N) is 1. The summed E-state index contributed by atoms with van der Waals surface area (Å²) < 4.78 is 0. The molecule has 0 saturated carbocycles. The number of thioether (sulfide) groups is 1. The predicted octanol–water partition coefficient (Wildman–Crippen LogP) is 2.18. The van der Waals surface area contributed by atoms with Gasteiger partial charge in [0.25, 0.3) is 0 Å². The van der Waals surface area contributed by atoms with Crippen molar-refractivity contribution >= 4 is 16.9 Å². The quantitative estimate of drug-likeness (QED) is 0.740. The standard InChI is InChI=1S/C10H12N2S/c1-7-9(13-10(11)12-7)8-5-3-2-4-6-8/h2-7,9H,1H3,(H2,11,12)/t7-,9-/m0/s1. The summed E-state index contributed by atoms with van der Waals surface area (Å²) in [6.45, 7) is 2.10. The second kappa shape index (κ2) is 3.42. The minimum atomic E-state index is 0.299. The molecule has 1 aliphatic rings. The molecule has 0 amide bonds. The Balaban J connectivity index is 2.21. The van der Waals surface area contributed by atoms with Crippen LogP contribution < -0.4 is 5.73 Å². The lowest BCUT2D eigenvalue weighted by molar-refractivity contribution is 0.739. The van der Waals surface area contributed by atoms with Gasteiger partial charge < -0.3 is 5.73 Å². The fourth-order valence-electron chi connectivity index (χ4n) is 1.52. The van der Waals surface area contributed by atoms with Gasteiger partial charge in [0.05, 0.1) is 11.3 Å². The van der Waals surface area contributed by atoms with E-state index in [1.807, 2.05) is 6.07 Å². The number of aliphatic imine (C=N–C) groups is 1. The molecule has 2 nitrogen and oxygen atoms in total. The molecule has 1 aliphatic heterocycles. The van der Waals surface area contributed by atoms with Crippen molar-refractivity contribution in [3.05, 3.63) is 35.9 Å². The first-order valence-corrected chi connectivity index (χ1v) is 5.20. The fraction of sp³-hybridized carbons (Fsp3) is 0.300. The van der Waals surface area contributed by atoms with Crippen LogP contribution in [0.15, 0.2) is 35.3 Å². The number of rotatable bonds is 1. The molecular formula is C10H12N2S. The van der Waals surface area contributed by atoms with Gasteiger partial charge in [-0.25, -0.2) is 0 Å². The zero-order chi connectivity index (χ0) is 9.26. The van der Waals surface area contributed by atoms with Crippen LogP contribution in [0, 0.1) is 0 Å². The molecule has 1 heterocycles. The average Bonchev–Trinajstić information content (AvgIpc) is 2.47. The highest BCUT2D eigenvalue weighted by Crippen LogP contribution is 2.38. The zero-order valence-electron chi connectivity index (χ0n) is 7.47. The Hall–Kier alpha value is -0.960. The van der Waals surface area contributed by atoms with Crippen LogP contribution in [0.3, 0.4) is 0 Å². The smallest absolute Gasteiger partial charge is 0.154 e. The average molecular weight is 192 g/mol. The maximum absolute atomic E-state index is 5.67. The van der Waals surface area contributed by atoms with Gasteiger partial charge in [-0.15, -0.1) is 0 Å². The third-order valence-electron chi connectivity index (χ3n) is 2.14. The fourth-order valence-corrected chi connectivity index (χ4v) is 2.55. The van der Waals surface area contributed by atoms with Crippen LogP contribution in [0.1, 0.15) is 17.7 Å². The van der Waals surface area contributed by atoms with Gasteiger partial charge in [-0.05, 0) is 12.5 Å². The number of hydrogen-bond acceptors (Lipinski definition) is 3. The highest BCUT2D eigenvalue weighted by atomic mass is 32.2. The van der Waals surface area contributed by atoms with Crippen LogP contribution in [-0.4, -0.2) is 11.2 Å². The van der Waals surface area contributed by atoms with Gasteiger partial charge in [0.15, 0.2) is 5.17 Å². The van der Waals surface area contributed by atoms with E-state index in [0.29, 0.717) is 16.5 Å². The number of hydrogen-bond donors (Lipinski definition) is 1. The Morgan fingerprint density at radius 3 is 2.54 bits per heavy atom. The Bertz CT molecular complexity index is 321. The van der Waals surface area contributed by atoms with Crippen molar-refractivity contribution < 1.29 is 0 Å². The summed E-state index contributed by atoms with van der Waals surface area (Å²) in [6.07, 6.45) is 0. The summed E-state index contributed by atoms with van der Waals surface area (Å²) in [7, 11) is 0. The Morgan fingerprint density at radius 1 is 1.31 bits per heavy atom.